The van der Waals surface area contributed by atoms with Crippen molar-refractivity contribution in [3.8, 4) is 17.3 Å². The second-order valence-corrected chi connectivity index (χ2v) is 6.09. The van der Waals surface area contributed by atoms with Gasteiger partial charge in [-0.2, -0.15) is 5.10 Å². The Kier molecular flexibility index (Phi) is 5.83. The number of methoxy groups -OCH3 is 1. The number of anilines is 1. The Bertz CT molecular complexity index is 967. The molecule has 0 fully saturated rings. The van der Waals surface area contributed by atoms with Crippen LogP contribution in [0.3, 0.4) is 0 Å². The van der Waals surface area contributed by atoms with E-state index in [4.69, 9.17) is 16.3 Å². The third-order valence-electron chi connectivity index (χ3n) is 3.88. The second kappa shape index (κ2) is 8.46. The fraction of sp³-hybridized carbons (Fsp3) is 0.158. The van der Waals surface area contributed by atoms with Gasteiger partial charge in [-0.3, -0.25) is 9.89 Å². The molecule has 0 spiro atoms. The Hall–Kier alpha value is -3.19. The molecule has 138 valence electrons. The van der Waals surface area contributed by atoms with Gasteiger partial charge in [0, 0.05) is 23.9 Å². The Morgan fingerprint density at radius 1 is 1.26 bits per heavy atom. The highest BCUT2D eigenvalue weighted by Gasteiger charge is 2.14. The van der Waals surface area contributed by atoms with Gasteiger partial charge in [-0.25, -0.2) is 9.97 Å². The molecule has 3 rings (SSSR count). The maximum Gasteiger partial charge on any atom is 0.184 e. The van der Waals surface area contributed by atoms with Crippen molar-refractivity contribution in [2.45, 2.75) is 13.5 Å². The summed E-state index contributed by atoms with van der Waals surface area (Å²) < 4.78 is 5.16. The lowest BCUT2D eigenvalue weighted by atomic mass is 10.1. The minimum absolute atomic E-state index is 0.295. The van der Waals surface area contributed by atoms with Crippen LogP contribution < -0.4 is 10.1 Å². The molecule has 1 aromatic carbocycles. The number of aldehydes is 1. The van der Waals surface area contributed by atoms with Crippen molar-refractivity contribution in [2.75, 3.05) is 12.4 Å². The Balaban J connectivity index is 1.84. The normalized spacial score (nSPS) is 10.9. The molecule has 2 aromatic heterocycles. The van der Waals surface area contributed by atoms with Crippen molar-refractivity contribution in [3.05, 3.63) is 58.4 Å². The summed E-state index contributed by atoms with van der Waals surface area (Å²) in [4.78, 5) is 19.4. The average Bonchev–Trinajstić information content (AvgIpc) is 3.05. The average molecular weight is 384 g/mol. The van der Waals surface area contributed by atoms with E-state index in [0.717, 1.165) is 22.6 Å². The molecule has 3 aromatic rings. The van der Waals surface area contributed by atoms with Crippen LogP contribution in [0.25, 0.3) is 17.6 Å². The zero-order valence-electron chi connectivity index (χ0n) is 14.9. The van der Waals surface area contributed by atoms with Crippen LogP contribution in [0.5, 0.6) is 5.75 Å². The first-order valence-electron chi connectivity index (χ1n) is 8.19. The summed E-state index contributed by atoms with van der Waals surface area (Å²) in [6.45, 7) is 2.42. The second-order valence-electron chi connectivity index (χ2n) is 5.71. The molecule has 0 bridgehead atoms. The maximum atomic E-state index is 10.6. The van der Waals surface area contributed by atoms with Gasteiger partial charge < -0.3 is 10.1 Å². The number of carbonyl (C=O) groups is 1. The van der Waals surface area contributed by atoms with Crippen molar-refractivity contribution in [1.29, 1.82) is 0 Å². The van der Waals surface area contributed by atoms with Gasteiger partial charge in [0.15, 0.2) is 5.82 Å². The van der Waals surface area contributed by atoms with E-state index in [1.165, 1.54) is 6.08 Å². The largest absolute Gasteiger partial charge is 0.497 e. The monoisotopic (exact) mass is 383 g/mol. The summed E-state index contributed by atoms with van der Waals surface area (Å²) in [6, 6.07) is 9.37. The predicted molar refractivity (Wildman–Crippen MR) is 105 cm³/mol. The molecule has 0 amide bonds. The number of aromatic amines is 1. The third kappa shape index (κ3) is 4.51. The van der Waals surface area contributed by atoms with Gasteiger partial charge in [-0.15, -0.1) is 0 Å². The zero-order valence-corrected chi connectivity index (χ0v) is 15.6. The van der Waals surface area contributed by atoms with Crippen molar-refractivity contribution in [2.24, 2.45) is 0 Å². The molecule has 0 saturated carbocycles. The smallest absolute Gasteiger partial charge is 0.184 e. The van der Waals surface area contributed by atoms with E-state index in [2.05, 4.69) is 25.5 Å². The number of nitrogens with one attached hydrogen (secondary N) is 2. The van der Waals surface area contributed by atoms with Crippen LogP contribution in [0, 0.1) is 6.92 Å². The van der Waals surface area contributed by atoms with Crippen molar-refractivity contribution in [3.63, 3.8) is 0 Å². The Labute approximate surface area is 161 Å². The van der Waals surface area contributed by atoms with E-state index < -0.39 is 0 Å². The highest BCUT2D eigenvalue weighted by atomic mass is 35.5. The fourth-order valence-electron chi connectivity index (χ4n) is 2.50. The van der Waals surface area contributed by atoms with Gasteiger partial charge in [-0.05, 0) is 36.8 Å². The summed E-state index contributed by atoms with van der Waals surface area (Å²) in [5, 5.41) is 10.6. The quantitative estimate of drug-likeness (QED) is 0.367. The number of aryl methyl sites for hydroxylation is 1. The molecule has 2 heterocycles. The van der Waals surface area contributed by atoms with Gasteiger partial charge in [0.25, 0.3) is 0 Å². The summed E-state index contributed by atoms with van der Waals surface area (Å²) in [5.74, 6) is 1.75. The van der Waals surface area contributed by atoms with E-state index in [1.807, 2.05) is 31.2 Å². The first-order valence-corrected chi connectivity index (χ1v) is 8.57. The molecule has 0 unspecified atom stereocenters. The number of benzene rings is 1. The van der Waals surface area contributed by atoms with Crippen molar-refractivity contribution >= 4 is 29.8 Å². The lowest BCUT2D eigenvalue weighted by Gasteiger charge is -2.08. The van der Waals surface area contributed by atoms with Crippen LogP contribution in [0.2, 0.25) is 5.15 Å². The van der Waals surface area contributed by atoms with Gasteiger partial charge in [0.1, 0.15) is 28.7 Å². The number of carbonyl (C=O) groups excluding carboxylic acids is 1. The van der Waals surface area contributed by atoms with Crippen LogP contribution in [0.1, 0.15) is 16.8 Å². The molecule has 0 aliphatic heterocycles. The van der Waals surface area contributed by atoms with E-state index in [0.29, 0.717) is 35.3 Å². The number of allylic oxidation sites excluding steroid dienone is 1. The van der Waals surface area contributed by atoms with Crippen LogP contribution in [0.4, 0.5) is 5.82 Å². The van der Waals surface area contributed by atoms with Crippen molar-refractivity contribution in [1.82, 2.24) is 20.2 Å². The summed E-state index contributed by atoms with van der Waals surface area (Å²) in [7, 11) is 1.63. The van der Waals surface area contributed by atoms with Gasteiger partial charge in [-0.1, -0.05) is 23.7 Å². The van der Waals surface area contributed by atoms with Crippen LogP contribution in [-0.2, 0) is 11.3 Å². The van der Waals surface area contributed by atoms with E-state index in [9.17, 15) is 4.79 Å². The molecule has 0 aliphatic rings. The van der Waals surface area contributed by atoms with Crippen LogP contribution in [0.15, 0.2) is 36.4 Å². The lowest BCUT2D eigenvalue weighted by Crippen LogP contribution is -2.03. The third-order valence-corrected chi connectivity index (χ3v) is 4.07. The number of nitrogens with zero attached hydrogens (tertiary/aromatic N) is 3. The highest BCUT2D eigenvalue weighted by Crippen LogP contribution is 2.25. The van der Waals surface area contributed by atoms with Crippen molar-refractivity contribution < 1.29 is 9.53 Å². The molecule has 0 atom stereocenters. The first-order chi connectivity index (χ1) is 13.1. The maximum absolute atomic E-state index is 10.6. The molecular weight excluding hydrogens is 366 g/mol. The number of H-pyrrole nitrogens is 1. The van der Waals surface area contributed by atoms with E-state index in [-0.39, 0.29) is 0 Å². The highest BCUT2D eigenvalue weighted by molar-refractivity contribution is 6.29. The van der Waals surface area contributed by atoms with Crippen LogP contribution in [-0.4, -0.2) is 33.6 Å². The van der Waals surface area contributed by atoms with Gasteiger partial charge in [0.2, 0.25) is 0 Å². The number of hydrogen-bond donors (Lipinski definition) is 2. The number of rotatable bonds is 7. The first kappa shape index (κ1) is 18.6. The molecule has 2 N–H and O–H groups in total. The molecular formula is C19H18ClN5O2. The minimum Gasteiger partial charge on any atom is -0.497 e. The summed E-state index contributed by atoms with van der Waals surface area (Å²) >= 11 is 6.16. The van der Waals surface area contributed by atoms with E-state index in [1.54, 1.807) is 19.3 Å². The Morgan fingerprint density at radius 3 is 2.74 bits per heavy atom. The molecule has 7 nitrogen and oxygen atoms in total. The van der Waals surface area contributed by atoms with Gasteiger partial charge in [0.05, 0.1) is 7.11 Å². The number of halogens is 1. The van der Waals surface area contributed by atoms with E-state index >= 15 is 0 Å². The van der Waals surface area contributed by atoms with Crippen LogP contribution >= 0.6 is 11.6 Å². The topological polar surface area (TPSA) is 92.8 Å². The number of hydrogen-bond acceptors (Lipinski definition) is 6. The SMILES string of the molecule is COc1ccc(CNc2cc(Cl)nc(-c3n[nH]c(C)c3/C=C/C=O)n2)cc1. The summed E-state index contributed by atoms with van der Waals surface area (Å²) in [5.41, 5.74) is 3.14. The molecule has 27 heavy (non-hydrogen) atoms. The molecule has 0 saturated heterocycles. The minimum atomic E-state index is 0.295. The predicted octanol–water partition coefficient (Wildman–Crippen LogP) is 3.66. The zero-order chi connectivity index (χ0) is 19.2. The molecule has 0 aliphatic carbocycles. The lowest BCUT2D eigenvalue weighted by molar-refractivity contribution is -0.104. The fourth-order valence-corrected chi connectivity index (χ4v) is 2.68. The summed E-state index contributed by atoms with van der Waals surface area (Å²) in [6.07, 6.45) is 3.77. The standard InChI is InChI=1S/C19H18ClN5O2/c1-12-15(4-3-9-26)18(25-24-12)19-22-16(20)10-17(23-19)21-11-13-5-7-14(27-2)8-6-13/h3-10H,11H2,1-2H3,(H,24,25)(H,21,22,23)/b4-3+. The van der Waals surface area contributed by atoms with Gasteiger partial charge >= 0.3 is 0 Å². The number of ether oxygens (including phenoxy) is 1. The number of aromatic nitrogens is 4. The molecule has 8 heteroatoms. The molecule has 0 radical (unpaired) electrons. The Morgan fingerprint density at radius 2 is 2.04 bits per heavy atom.